The lowest BCUT2D eigenvalue weighted by Gasteiger charge is -2.36. The molecule has 34 heavy (non-hydrogen) atoms. The van der Waals surface area contributed by atoms with E-state index in [0.717, 1.165) is 45.3 Å². The molecule has 0 saturated carbocycles. The van der Waals surface area contributed by atoms with E-state index in [1.807, 2.05) is 0 Å². The van der Waals surface area contributed by atoms with Crippen LogP contribution in [0.5, 0.6) is 0 Å². The Morgan fingerprint density at radius 1 is 1.03 bits per heavy atom. The zero-order valence-electron chi connectivity index (χ0n) is 20.4. The molecule has 0 bridgehead atoms. The van der Waals surface area contributed by atoms with Crippen molar-refractivity contribution in [3.8, 4) is 0 Å². The zero-order chi connectivity index (χ0) is 24.3. The monoisotopic (exact) mass is 484 g/mol. The van der Waals surface area contributed by atoms with Crippen molar-refractivity contribution in [2.24, 2.45) is 0 Å². The van der Waals surface area contributed by atoms with Crippen LogP contribution in [-0.2, 0) is 21.2 Å². The number of fused-ring (bicyclic) bond motifs is 1. The standard InChI is InChI=1S/C26H36N4O3S/c1-19-16-23(28-20(2)31)10-12-26(19)34(32,33)27-18-25(30-14-5-4-6-15-30)22-9-11-24-21(17-22)8-7-13-29(24)3/h9-12,16-17,25,27H,4-8,13-15,18H2,1-3H3,(H,28,31). The van der Waals surface area contributed by atoms with Crippen molar-refractivity contribution in [3.05, 3.63) is 53.1 Å². The van der Waals surface area contributed by atoms with Crippen molar-refractivity contribution in [2.45, 2.75) is 56.9 Å². The Balaban J connectivity index is 1.57. The van der Waals surface area contributed by atoms with E-state index in [4.69, 9.17) is 0 Å². The Morgan fingerprint density at radius 3 is 2.50 bits per heavy atom. The summed E-state index contributed by atoms with van der Waals surface area (Å²) in [7, 11) is -1.57. The van der Waals surface area contributed by atoms with E-state index >= 15 is 0 Å². The van der Waals surface area contributed by atoms with Gasteiger partial charge in [0.15, 0.2) is 0 Å². The minimum Gasteiger partial charge on any atom is -0.374 e. The first kappa shape index (κ1) is 24.7. The number of nitrogens with one attached hydrogen (secondary N) is 2. The number of sulfonamides is 1. The molecule has 0 aliphatic carbocycles. The first-order chi connectivity index (χ1) is 16.2. The quantitative estimate of drug-likeness (QED) is 0.624. The molecule has 1 amide bonds. The molecular formula is C26H36N4O3S. The summed E-state index contributed by atoms with van der Waals surface area (Å²) in [4.78, 5) is 16.3. The van der Waals surface area contributed by atoms with Gasteiger partial charge in [-0.15, -0.1) is 0 Å². The predicted octanol–water partition coefficient (Wildman–Crippen LogP) is 3.84. The Bertz CT molecular complexity index is 1140. The van der Waals surface area contributed by atoms with Crippen molar-refractivity contribution < 1.29 is 13.2 Å². The molecule has 2 aliphatic rings. The lowest BCUT2D eigenvalue weighted by Crippen LogP contribution is -2.40. The molecular weight excluding hydrogens is 448 g/mol. The largest absolute Gasteiger partial charge is 0.374 e. The molecule has 1 unspecified atom stereocenters. The molecule has 1 atom stereocenters. The van der Waals surface area contributed by atoms with Gasteiger partial charge in [-0.2, -0.15) is 0 Å². The molecule has 0 radical (unpaired) electrons. The van der Waals surface area contributed by atoms with Crippen molar-refractivity contribution >= 4 is 27.3 Å². The number of carbonyl (C=O) groups excluding carboxylic acids is 1. The van der Waals surface area contributed by atoms with Crippen LogP contribution in [0.15, 0.2) is 41.3 Å². The van der Waals surface area contributed by atoms with E-state index in [2.05, 4.69) is 45.1 Å². The maximum Gasteiger partial charge on any atom is 0.240 e. The molecule has 1 saturated heterocycles. The van der Waals surface area contributed by atoms with Crippen LogP contribution in [0.1, 0.15) is 55.3 Å². The number of aryl methyl sites for hydroxylation is 2. The third kappa shape index (κ3) is 5.62. The van der Waals surface area contributed by atoms with Gasteiger partial charge in [0.25, 0.3) is 0 Å². The average molecular weight is 485 g/mol. The summed E-state index contributed by atoms with van der Waals surface area (Å²) in [5.41, 5.74) is 5.00. The van der Waals surface area contributed by atoms with Crippen LogP contribution < -0.4 is 14.9 Å². The third-order valence-electron chi connectivity index (χ3n) is 6.92. The number of rotatable bonds is 7. The topological polar surface area (TPSA) is 81.7 Å². The molecule has 2 N–H and O–H groups in total. The molecule has 8 heteroatoms. The Morgan fingerprint density at radius 2 is 1.79 bits per heavy atom. The summed E-state index contributed by atoms with van der Waals surface area (Å²) < 4.78 is 29.4. The summed E-state index contributed by atoms with van der Waals surface area (Å²) in [6, 6.07) is 11.5. The fraction of sp³-hybridized carbons (Fsp3) is 0.500. The highest BCUT2D eigenvalue weighted by Crippen LogP contribution is 2.32. The highest BCUT2D eigenvalue weighted by molar-refractivity contribution is 7.89. The van der Waals surface area contributed by atoms with Gasteiger partial charge in [-0.25, -0.2) is 13.1 Å². The number of hydrogen-bond donors (Lipinski definition) is 2. The first-order valence-electron chi connectivity index (χ1n) is 12.2. The summed E-state index contributed by atoms with van der Waals surface area (Å²) in [5, 5.41) is 2.70. The SMILES string of the molecule is CC(=O)Nc1ccc(S(=O)(=O)NCC(c2ccc3c(c2)CCCN3C)N2CCCCC2)c(C)c1. The summed E-state index contributed by atoms with van der Waals surface area (Å²) in [5.74, 6) is -0.186. The smallest absolute Gasteiger partial charge is 0.240 e. The molecule has 2 heterocycles. The maximum absolute atomic E-state index is 13.3. The second-order valence-corrected chi connectivity index (χ2v) is 11.3. The summed E-state index contributed by atoms with van der Waals surface area (Å²) >= 11 is 0. The van der Waals surface area contributed by atoms with E-state index < -0.39 is 10.0 Å². The molecule has 2 aliphatic heterocycles. The van der Waals surface area contributed by atoms with Gasteiger partial charge in [-0.05, 0) is 86.7 Å². The molecule has 184 valence electrons. The van der Waals surface area contributed by atoms with Crippen LogP contribution in [-0.4, -0.2) is 52.5 Å². The fourth-order valence-electron chi connectivity index (χ4n) is 5.20. The number of anilines is 2. The van der Waals surface area contributed by atoms with Crippen molar-refractivity contribution in [2.75, 3.05) is 43.4 Å². The van der Waals surface area contributed by atoms with Gasteiger partial charge >= 0.3 is 0 Å². The van der Waals surface area contributed by atoms with Crippen LogP contribution in [0.25, 0.3) is 0 Å². The van der Waals surface area contributed by atoms with E-state index in [0.29, 0.717) is 17.8 Å². The number of nitrogens with zero attached hydrogens (tertiary/aromatic N) is 2. The number of hydrogen-bond acceptors (Lipinski definition) is 5. The highest BCUT2D eigenvalue weighted by atomic mass is 32.2. The highest BCUT2D eigenvalue weighted by Gasteiger charge is 2.27. The Labute approximate surface area is 203 Å². The fourth-order valence-corrected chi connectivity index (χ4v) is 6.46. The number of benzene rings is 2. The number of likely N-dealkylation sites (tertiary alicyclic amines) is 1. The minimum atomic E-state index is -3.70. The molecule has 0 aromatic heterocycles. The van der Waals surface area contributed by atoms with Crippen molar-refractivity contribution in [1.82, 2.24) is 9.62 Å². The number of carbonyl (C=O) groups is 1. The predicted molar refractivity (Wildman–Crippen MR) is 137 cm³/mol. The number of amides is 1. The van der Waals surface area contributed by atoms with Crippen molar-refractivity contribution in [3.63, 3.8) is 0 Å². The van der Waals surface area contributed by atoms with Gasteiger partial charge in [0, 0.05) is 44.5 Å². The first-order valence-corrected chi connectivity index (χ1v) is 13.7. The third-order valence-corrected chi connectivity index (χ3v) is 8.51. The van der Waals surface area contributed by atoms with Gasteiger partial charge in [0.05, 0.1) is 4.90 Å². The van der Waals surface area contributed by atoms with E-state index in [1.54, 1.807) is 25.1 Å². The van der Waals surface area contributed by atoms with Crippen LogP contribution >= 0.6 is 0 Å². The van der Waals surface area contributed by atoms with Gasteiger partial charge < -0.3 is 10.2 Å². The zero-order valence-corrected chi connectivity index (χ0v) is 21.2. The summed E-state index contributed by atoms with van der Waals surface area (Å²) in [6.07, 6.45) is 5.71. The van der Waals surface area contributed by atoms with E-state index in [9.17, 15) is 13.2 Å². The van der Waals surface area contributed by atoms with Crippen LogP contribution in [0.4, 0.5) is 11.4 Å². The maximum atomic E-state index is 13.3. The van der Waals surface area contributed by atoms with E-state index in [1.165, 1.54) is 30.2 Å². The van der Waals surface area contributed by atoms with Gasteiger partial charge in [-0.3, -0.25) is 9.69 Å². The second-order valence-electron chi connectivity index (χ2n) is 9.54. The molecule has 4 rings (SSSR count). The van der Waals surface area contributed by atoms with Crippen LogP contribution in [0.2, 0.25) is 0 Å². The van der Waals surface area contributed by atoms with Gasteiger partial charge in [-0.1, -0.05) is 18.6 Å². The average Bonchev–Trinajstić information content (AvgIpc) is 2.79. The Hall–Kier alpha value is -2.42. The molecule has 1 fully saturated rings. The van der Waals surface area contributed by atoms with Crippen LogP contribution in [0, 0.1) is 6.92 Å². The minimum absolute atomic E-state index is 0.00781. The molecule has 2 aromatic rings. The van der Waals surface area contributed by atoms with Crippen LogP contribution in [0.3, 0.4) is 0 Å². The molecule has 7 nitrogen and oxygen atoms in total. The Kier molecular flexibility index (Phi) is 7.60. The van der Waals surface area contributed by atoms with Gasteiger partial charge in [0.1, 0.15) is 0 Å². The summed E-state index contributed by atoms with van der Waals surface area (Å²) in [6.45, 7) is 6.54. The van der Waals surface area contributed by atoms with Gasteiger partial charge in [0.2, 0.25) is 15.9 Å². The lowest BCUT2D eigenvalue weighted by molar-refractivity contribution is -0.114. The molecule has 2 aromatic carbocycles. The number of piperidine rings is 1. The molecule has 0 spiro atoms. The lowest BCUT2D eigenvalue weighted by atomic mass is 9.95. The second kappa shape index (κ2) is 10.5. The normalized spacial score (nSPS) is 17.8. The van der Waals surface area contributed by atoms with Crippen molar-refractivity contribution in [1.29, 1.82) is 0 Å². The van der Waals surface area contributed by atoms with E-state index in [-0.39, 0.29) is 16.8 Å².